The first-order valence-electron chi connectivity index (χ1n) is 12.1. The Morgan fingerprint density at radius 2 is 1.71 bits per heavy atom. The van der Waals surface area contributed by atoms with Gasteiger partial charge in [-0.2, -0.15) is 0 Å². The molecule has 4 nitrogen and oxygen atoms in total. The predicted molar refractivity (Wildman–Crippen MR) is 152 cm³/mol. The Morgan fingerprint density at radius 1 is 1.03 bits per heavy atom. The molecule has 2 unspecified atom stereocenters. The SMILES string of the molecule is CC(CSC(c1cccc(C=Cc2ccc3ccc(Cl)cc3n2)c1)c1cccc(C(C)(C)O)c1)C(=O)[O-].[Na+]. The minimum Gasteiger partial charge on any atom is -0.550 e. The van der Waals surface area contributed by atoms with Crippen LogP contribution in [0.15, 0.2) is 78.9 Å². The van der Waals surface area contributed by atoms with Crippen molar-refractivity contribution in [3.8, 4) is 0 Å². The number of benzene rings is 3. The van der Waals surface area contributed by atoms with Crippen molar-refractivity contribution in [2.24, 2.45) is 5.92 Å². The number of carboxylic acids is 1. The van der Waals surface area contributed by atoms with Gasteiger partial charge in [-0.25, -0.2) is 4.98 Å². The Bertz CT molecular complexity index is 1450. The van der Waals surface area contributed by atoms with Gasteiger partial charge in [0.2, 0.25) is 0 Å². The van der Waals surface area contributed by atoms with Crippen LogP contribution >= 0.6 is 23.4 Å². The van der Waals surface area contributed by atoms with E-state index in [1.165, 1.54) is 0 Å². The van der Waals surface area contributed by atoms with E-state index < -0.39 is 17.5 Å². The third kappa shape index (κ3) is 7.95. The van der Waals surface area contributed by atoms with Crippen LogP contribution in [0, 0.1) is 5.92 Å². The molecule has 0 saturated heterocycles. The summed E-state index contributed by atoms with van der Waals surface area (Å²) >= 11 is 7.69. The Kier molecular flexibility index (Phi) is 10.6. The average Bonchev–Trinajstić information content (AvgIpc) is 2.87. The Balaban J connectivity index is 0.00000400. The van der Waals surface area contributed by atoms with Crippen molar-refractivity contribution in [1.29, 1.82) is 0 Å². The van der Waals surface area contributed by atoms with Crippen LogP contribution in [-0.2, 0) is 10.4 Å². The van der Waals surface area contributed by atoms with Gasteiger partial charge in [0, 0.05) is 28.0 Å². The van der Waals surface area contributed by atoms with Crippen molar-refractivity contribution in [2.45, 2.75) is 31.6 Å². The number of halogens is 1. The molecule has 3 aromatic carbocycles. The maximum absolute atomic E-state index is 11.4. The number of rotatable bonds is 9. The molecule has 4 aromatic rings. The first-order valence-corrected chi connectivity index (χ1v) is 13.5. The number of fused-ring (bicyclic) bond motifs is 1. The van der Waals surface area contributed by atoms with Crippen LogP contribution in [0.25, 0.3) is 23.1 Å². The minimum absolute atomic E-state index is 0. The van der Waals surface area contributed by atoms with Crippen molar-refractivity contribution in [1.82, 2.24) is 4.98 Å². The summed E-state index contributed by atoms with van der Waals surface area (Å²) in [5.74, 6) is -1.23. The molecule has 0 aliphatic carbocycles. The number of nitrogens with zero attached hydrogens (tertiary/aromatic N) is 1. The van der Waals surface area contributed by atoms with Crippen molar-refractivity contribution >= 4 is 52.4 Å². The van der Waals surface area contributed by atoms with Crippen molar-refractivity contribution in [2.75, 3.05) is 5.75 Å². The van der Waals surface area contributed by atoms with Crippen molar-refractivity contribution in [3.05, 3.63) is 112 Å². The first kappa shape index (κ1) is 30.4. The molecule has 38 heavy (non-hydrogen) atoms. The molecule has 0 aliphatic rings. The van der Waals surface area contributed by atoms with Crippen LogP contribution in [0.4, 0.5) is 0 Å². The van der Waals surface area contributed by atoms with Crippen LogP contribution in [0.2, 0.25) is 5.02 Å². The van der Waals surface area contributed by atoms with Gasteiger partial charge >= 0.3 is 29.6 Å². The number of pyridine rings is 1. The third-order valence-corrected chi connectivity index (χ3v) is 7.95. The second-order valence-corrected chi connectivity index (χ2v) is 11.3. The number of aliphatic carboxylic acids is 1. The number of aromatic nitrogens is 1. The number of carbonyl (C=O) groups excluding carboxylic acids is 1. The van der Waals surface area contributed by atoms with Crippen LogP contribution < -0.4 is 34.7 Å². The fourth-order valence-electron chi connectivity index (χ4n) is 3.98. The van der Waals surface area contributed by atoms with Crippen LogP contribution in [0.5, 0.6) is 0 Å². The predicted octanol–water partition coefficient (Wildman–Crippen LogP) is 3.50. The van der Waals surface area contributed by atoms with E-state index >= 15 is 0 Å². The summed E-state index contributed by atoms with van der Waals surface area (Å²) in [5.41, 5.74) is 4.55. The zero-order valence-electron chi connectivity index (χ0n) is 22.0. The molecule has 0 spiro atoms. The monoisotopic (exact) mass is 553 g/mol. The molecule has 4 rings (SSSR count). The van der Waals surface area contributed by atoms with E-state index in [1.807, 2.05) is 84.9 Å². The fourth-order valence-corrected chi connectivity index (χ4v) is 5.44. The van der Waals surface area contributed by atoms with E-state index in [4.69, 9.17) is 16.6 Å². The molecule has 0 amide bonds. The average molecular weight is 554 g/mol. The molecular formula is C31H29ClNNaO3S. The van der Waals surface area contributed by atoms with Gasteiger partial charge in [-0.15, -0.1) is 11.8 Å². The standard InChI is InChI=1S/C31H30ClNO3S.Na/c1-20(30(34)35)19-37-29(24-8-5-9-25(17-24)31(2,3)36)23-7-4-6-21(16-23)10-14-27-15-12-22-11-13-26(32)18-28(22)33-27;/h4-18,20,29,36H,19H2,1-3H3,(H,34,35);/q;+1/p-1. The van der Waals surface area contributed by atoms with Gasteiger partial charge in [-0.3, -0.25) is 0 Å². The molecule has 7 heteroatoms. The second kappa shape index (κ2) is 13.3. The molecule has 190 valence electrons. The molecule has 1 N–H and O–H groups in total. The van der Waals surface area contributed by atoms with Crippen LogP contribution in [0.1, 0.15) is 54.0 Å². The van der Waals surface area contributed by atoms with Gasteiger partial charge in [-0.05, 0) is 60.4 Å². The van der Waals surface area contributed by atoms with E-state index in [1.54, 1.807) is 32.5 Å². The maximum atomic E-state index is 11.4. The topological polar surface area (TPSA) is 73.2 Å². The number of thioether (sulfide) groups is 1. The second-order valence-electron chi connectivity index (χ2n) is 9.69. The quantitative estimate of drug-likeness (QED) is 0.321. The normalized spacial score (nSPS) is 13.3. The molecular weight excluding hydrogens is 525 g/mol. The number of hydrogen-bond donors (Lipinski definition) is 1. The summed E-state index contributed by atoms with van der Waals surface area (Å²) < 4.78 is 0. The van der Waals surface area contributed by atoms with E-state index in [0.717, 1.165) is 38.9 Å². The molecule has 1 heterocycles. The summed E-state index contributed by atoms with van der Waals surface area (Å²) in [7, 11) is 0. The number of carboxylic acid groups (broad SMARTS) is 1. The van der Waals surface area contributed by atoms with Crippen molar-refractivity contribution < 1.29 is 44.6 Å². The summed E-state index contributed by atoms with van der Waals surface area (Å²) in [5, 5.41) is 23.5. The van der Waals surface area contributed by atoms with Gasteiger partial charge in [0.25, 0.3) is 0 Å². The van der Waals surface area contributed by atoms with Gasteiger partial charge in [0.15, 0.2) is 0 Å². The zero-order valence-corrected chi connectivity index (χ0v) is 25.6. The minimum atomic E-state index is -1.06. The van der Waals surface area contributed by atoms with Crippen LogP contribution in [0.3, 0.4) is 0 Å². The zero-order chi connectivity index (χ0) is 26.6. The van der Waals surface area contributed by atoms with Gasteiger partial charge in [0.1, 0.15) is 0 Å². The molecule has 0 bridgehead atoms. The van der Waals surface area contributed by atoms with Crippen molar-refractivity contribution in [3.63, 3.8) is 0 Å². The Labute approximate surface area is 255 Å². The summed E-state index contributed by atoms with van der Waals surface area (Å²) in [6, 6.07) is 25.7. The smallest absolute Gasteiger partial charge is 0.550 e. The molecule has 0 fully saturated rings. The van der Waals surface area contributed by atoms with Gasteiger partial charge in [-0.1, -0.05) is 85.3 Å². The maximum Gasteiger partial charge on any atom is 1.00 e. The molecule has 0 saturated carbocycles. The fraction of sp³-hybridized carbons (Fsp3) is 0.226. The van der Waals surface area contributed by atoms with Gasteiger partial charge < -0.3 is 15.0 Å². The molecule has 2 atom stereocenters. The van der Waals surface area contributed by atoms with E-state index in [-0.39, 0.29) is 34.8 Å². The Morgan fingerprint density at radius 3 is 2.42 bits per heavy atom. The number of carbonyl (C=O) groups is 1. The van der Waals surface area contributed by atoms with Crippen LogP contribution in [-0.4, -0.2) is 21.8 Å². The van der Waals surface area contributed by atoms with E-state index in [9.17, 15) is 15.0 Å². The summed E-state index contributed by atoms with van der Waals surface area (Å²) in [6.45, 7) is 5.18. The number of aliphatic hydroxyl groups is 1. The van der Waals surface area contributed by atoms with E-state index in [0.29, 0.717) is 10.8 Å². The summed E-state index contributed by atoms with van der Waals surface area (Å²) in [4.78, 5) is 16.1. The van der Waals surface area contributed by atoms with E-state index in [2.05, 4.69) is 6.07 Å². The van der Waals surface area contributed by atoms with Gasteiger partial charge in [0.05, 0.1) is 22.1 Å². The summed E-state index contributed by atoms with van der Waals surface area (Å²) in [6.07, 6.45) is 3.98. The number of hydrogen-bond acceptors (Lipinski definition) is 5. The molecule has 1 aromatic heterocycles. The molecule has 0 radical (unpaired) electrons. The Hall–Kier alpha value is -2.12. The third-order valence-electron chi connectivity index (χ3n) is 6.15. The molecule has 0 aliphatic heterocycles. The largest absolute Gasteiger partial charge is 1.00 e. The first-order chi connectivity index (χ1) is 17.6.